The molecular formula is C10H16N4O3. The molecule has 0 fully saturated rings. The van der Waals surface area contributed by atoms with Crippen molar-refractivity contribution in [2.24, 2.45) is 5.16 Å². The molecule has 1 unspecified atom stereocenters. The highest BCUT2D eigenvalue weighted by Gasteiger charge is 2.16. The van der Waals surface area contributed by atoms with Crippen molar-refractivity contribution in [1.29, 1.82) is 0 Å². The Kier molecular flexibility index (Phi) is 3.72. The highest BCUT2D eigenvalue weighted by atomic mass is 16.5. The molecule has 1 aromatic rings. The number of imidazole rings is 1. The molecule has 1 atom stereocenters. The maximum Gasteiger partial charge on any atom is 0.233 e. The highest BCUT2D eigenvalue weighted by Crippen LogP contribution is 2.05. The Morgan fingerprint density at radius 1 is 1.59 bits per heavy atom. The molecule has 0 saturated heterocycles. The van der Waals surface area contributed by atoms with Gasteiger partial charge in [0, 0.05) is 6.92 Å². The lowest BCUT2D eigenvalue weighted by Crippen LogP contribution is -2.27. The van der Waals surface area contributed by atoms with Crippen LogP contribution in [0.5, 0.6) is 0 Å². The Hall–Kier alpha value is -2.05. The van der Waals surface area contributed by atoms with Gasteiger partial charge in [0.2, 0.25) is 18.1 Å². The van der Waals surface area contributed by atoms with E-state index in [0.29, 0.717) is 16.1 Å². The first-order valence-corrected chi connectivity index (χ1v) is 5.12. The monoisotopic (exact) mass is 240 g/mol. The summed E-state index contributed by atoms with van der Waals surface area (Å²) in [7, 11) is 0. The summed E-state index contributed by atoms with van der Waals surface area (Å²) in [4.78, 5) is 4.03. The fourth-order valence-corrected chi connectivity index (χ4v) is 1.20. The van der Waals surface area contributed by atoms with Crippen molar-refractivity contribution in [1.82, 2.24) is 9.71 Å². The zero-order chi connectivity index (χ0) is 13.2. The van der Waals surface area contributed by atoms with Crippen LogP contribution in [-0.4, -0.2) is 42.8 Å². The standard InChI is InChI=1S/C10H16N4O3/c1-6-9(4)14(17)10(11-6)5-13(16)8(3)7(2)12-15/h5,8,15,17H,1-4H3/b12-7+,13-5-. The Balaban J connectivity index is 3.07. The van der Waals surface area contributed by atoms with Crippen LogP contribution in [0.1, 0.15) is 31.1 Å². The number of hydrogen-bond donors (Lipinski definition) is 2. The molecule has 7 nitrogen and oxygen atoms in total. The SMILES string of the molecule is C/C(=N\O)C(C)/[N+]([O-])=C/c1nc(C)c(C)n1O. The maximum atomic E-state index is 11.7. The summed E-state index contributed by atoms with van der Waals surface area (Å²) in [5.41, 5.74) is 1.50. The van der Waals surface area contributed by atoms with Crippen molar-refractivity contribution >= 4 is 11.9 Å². The van der Waals surface area contributed by atoms with E-state index in [9.17, 15) is 10.4 Å². The third kappa shape index (κ3) is 2.55. The van der Waals surface area contributed by atoms with Crippen LogP contribution in [0, 0.1) is 19.1 Å². The Labute approximate surface area is 98.9 Å². The molecule has 0 spiro atoms. The molecule has 17 heavy (non-hydrogen) atoms. The van der Waals surface area contributed by atoms with Crippen LogP contribution in [0.2, 0.25) is 0 Å². The minimum atomic E-state index is -0.627. The summed E-state index contributed by atoms with van der Waals surface area (Å²) in [5.74, 6) is 0.146. The van der Waals surface area contributed by atoms with Crippen molar-refractivity contribution in [3.8, 4) is 0 Å². The summed E-state index contributed by atoms with van der Waals surface area (Å²) in [6.45, 7) is 6.55. The van der Waals surface area contributed by atoms with E-state index in [1.165, 1.54) is 6.92 Å². The smallest absolute Gasteiger partial charge is 0.233 e. The number of hydrogen-bond acceptors (Lipinski definition) is 5. The zero-order valence-corrected chi connectivity index (χ0v) is 10.2. The second kappa shape index (κ2) is 4.86. The van der Waals surface area contributed by atoms with E-state index in [1.54, 1.807) is 20.8 Å². The van der Waals surface area contributed by atoms with Crippen LogP contribution in [-0.2, 0) is 0 Å². The molecule has 0 aromatic carbocycles. The van der Waals surface area contributed by atoms with Gasteiger partial charge in [-0.1, -0.05) is 5.16 Å². The number of aromatic nitrogens is 2. The van der Waals surface area contributed by atoms with Crippen molar-refractivity contribution in [3.63, 3.8) is 0 Å². The van der Waals surface area contributed by atoms with Gasteiger partial charge in [-0.05, 0) is 20.8 Å². The molecule has 0 radical (unpaired) electrons. The van der Waals surface area contributed by atoms with E-state index in [1.807, 2.05) is 0 Å². The van der Waals surface area contributed by atoms with Crippen LogP contribution in [0.3, 0.4) is 0 Å². The summed E-state index contributed by atoms with van der Waals surface area (Å²) >= 11 is 0. The van der Waals surface area contributed by atoms with Gasteiger partial charge in [0.1, 0.15) is 5.71 Å². The predicted molar refractivity (Wildman–Crippen MR) is 62.0 cm³/mol. The number of aryl methyl sites for hydroxylation is 1. The second-order valence-electron chi connectivity index (χ2n) is 3.86. The lowest BCUT2D eigenvalue weighted by Gasteiger charge is -2.10. The molecular weight excluding hydrogens is 224 g/mol. The summed E-state index contributed by atoms with van der Waals surface area (Å²) in [6.07, 6.45) is 1.15. The van der Waals surface area contributed by atoms with Crippen LogP contribution in [0.15, 0.2) is 5.16 Å². The van der Waals surface area contributed by atoms with Gasteiger partial charge in [-0.3, -0.25) is 0 Å². The van der Waals surface area contributed by atoms with E-state index in [2.05, 4.69) is 10.1 Å². The lowest BCUT2D eigenvalue weighted by molar-refractivity contribution is -0.472. The fourth-order valence-electron chi connectivity index (χ4n) is 1.20. The van der Waals surface area contributed by atoms with Gasteiger partial charge < -0.3 is 15.6 Å². The van der Waals surface area contributed by atoms with Crippen molar-refractivity contribution < 1.29 is 15.2 Å². The fraction of sp³-hybridized carbons (Fsp3) is 0.500. The van der Waals surface area contributed by atoms with E-state index >= 15 is 0 Å². The summed E-state index contributed by atoms with van der Waals surface area (Å²) < 4.78 is 1.42. The van der Waals surface area contributed by atoms with Gasteiger partial charge >= 0.3 is 0 Å². The quantitative estimate of drug-likeness (QED) is 0.205. The first-order chi connectivity index (χ1) is 7.88. The summed E-state index contributed by atoms with van der Waals surface area (Å²) in [6, 6.07) is -0.627. The largest absolute Gasteiger partial charge is 0.623 e. The topological polar surface area (TPSA) is 96.7 Å². The maximum absolute atomic E-state index is 11.7. The van der Waals surface area contributed by atoms with E-state index in [4.69, 9.17) is 5.21 Å². The van der Waals surface area contributed by atoms with Crippen LogP contribution < -0.4 is 0 Å². The van der Waals surface area contributed by atoms with Gasteiger partial charge in [0.15, 0.2) is 0 Å². The second-order valence-corrected chi connectivity index (χ2v) is 3.86. The molecule has 0 aliphatic carbocycles. The molecule has 7 heteroatoms. The molecule has 0 aliphatic rings. The summed E-state index contributed by atoms with van der Waals surface area (Å²) in [5, 5.41) is 32.8. The number of hydroxylamine groups is 1. The Morgan fingerprint density at radius 3 is 2.59 bits per heavy atom. The average molecular weight is 240 g/mol. The first kappa shape index (κ1) is 13.0. The molecule has 0 aliphatic heterocycles. The average Bonchev–Trinajstić information content (AvgIpc) is 2.55. The Morgan fingerprint density at radius 2 is 2.18 bits per heavy atom. The third-order valence-electron chi connectivity index (χ3n) is 2.73. The Bertz CT molecular complexity index is 476. The predicted octanol–water partition coefficient (Wildman–Crippen LogP) is 0.905. The van der Waals surface area contributed by atoms with Gasteiger partial charge in [-0.15, -0.1) is 0 Å². The molecule has 1 heterocycles. The lowest BCUT2D eigenvalue weighted by atomic mass is 10.2. The van der Waals surface area contributed by atoms with Crippen molar-refractivity contribution in [2.75, 3.05) is 0 Å². The minimum absolute atomic E-state index is 0.146. The van der Waals surface area contributed by atoms with Crippen LogP contribution in [0.25, 0.3) is 0 Å². The van der Waals surface area contributed by atoms with Gasteiger partial charge in [-0.25, -0.2) is 9.72 Å². The molecule has 1 rings (SSSR count). The van der Waals surface area contributed by atoms with E-state index in [-0.39, 0.29) is 11.5 Å². The van der Waals surface area contributed by atoms with Crippen molar-refractivity contribution in [2.45, 2.75) is 33.7 Å². The van der Waals surface area contributed by atoms with Crippen LogP contribution in [0.4, 0.5) is 0 Å². The normalized spacial score (nSPS) is 15.1. The number of oxime groups is 1. The molecule has 94 valence electrons. The highest BCUT2D eigenvalue weighted by molar-refractivity contribution is 5.86. The number of nitrogens with zero attached hydrogens (tertiary/aromatic N) is 4. The van der Waals surface area contributed by atoms with Crippen LogP contribution >= 0.6 is 0 Å². The molecule has 0 saturated carbocycles. The minimum Gasteiger partial charge on any atom is -0.623 e. The first-order valence-electron chi connectivity index (χ1n) is 5.12. The third-order valence-corrected chi connectivity index (χ3v) is 2.73. The van der Waals surface area contributed by atoms with Gasteiger partial charge in [0.05, 0.1) is 11.4 Å². The number of rotatable bonds is 3. The van der Waals surface area contributed by atoms with E-state index in [0.717, 1.165) is 10.9 Å². The van der Waals surface area contributed by atoms with E-state index < -0.39 is 6.04 Å². The van der Waals surface area contributed by atoms with Crippen molar-refractivity contribution in [3.05, 3.63) is 22.4 Å². The molecule has 2 N–H and O–H groups in total. The molecule has 1 aromatic heterocycles. The molecule has 0 amide bonds. The molecule has 0 bridgehead atoms. The zero-order valence-electron chi connectivity index (χ0n) is 10.2. The van der Waals surface area contributed by atoms with Gasteiger partial charge in [0.25, 0.3) is 0 Å². The van der Waals surface area contributed by atoms with Gasteiger partial charge in [-0.2, -0.15) is 4.73 Å².